The van der Waals surface area contributed by atoms with Crippen LogP contribution in [0.15, 0.2) is 22.8 Å². The van der Waals surface area contributed by atoms with Crippen molar-refractivity contribution in [3.63, 3.8) is 0 Å². The van der Waals surface area contributed by atoms with Gasteiger partial charge >= 0.3 is 0 Å². The van der Waals surface area contributed by atoms with Crippen LogP contribution in [0, 0.1) is 0 Å². The highest BCUT2D eigenvalue weighted by Gasteiger charge is 2.05. The maximum Gasteiger partial charge on any atom is 0.243 e. The first-order chi connectivity index (χ1) is 7.90. The van der Waals surface area contributed by atoms with Crippen molar-refractivity contribution < 1.29 is 4.42 Å². The summed E-state index contributed by atoms with van der Waals surface area (Å²) in [5.41, 5.74) is 0. The van der Waals surface area contributed by atoms with Gasteiger partial charge in [0, 0.05) is 6.54 Å². The fourth-order valence-corrected chi connectivity index (χ4v) is 1.37. The summed E-state index contributed by atoms with van der Waals surface area (Å²) >= 11 is 0. The van der Waals surface area contributed by atoms with Gasteiger partial charge in [-0.25, -0.2) is 4.68 Å². The Morgan fingerprint density at radius 3 is 3.19 bits per heavy atom. The molecule has 16 heavy (non-hydrogen) atoms. The number of hydrogen-bond acceptors (Lipinski definition) is 5. The number of hydrogen-bond donors (Lipinski definition) is 1. The molecule has 2 aromatic rings. The Kier molecular flexibility index (Phi) is 3.53. The highest BCUT2D eigenvalue weighted by atomic mass is 16.3. The van der Waals surface area contributed by atoms with E-state index in [2.05, 4.69) is 27.8 Å². The van der Waals surface area contributed by atoms with Gasteiger partial charge in [-0.15, -0.1) is 0 Å². The third kappa shape index (κ3) is 2.59. The second kappa shape index (κ2) is 5.29. The van der Waals surface area contributed by atoms with Crippen LogP contribution in [0.5, 0.6) is 0 Å². The van der Waals surface area contributed by atoms with Crippen molar-refractivity contribution in [2.24, 2.45) is 0 Å². The lowest BCUT2D eigenvalue weighted by molar-refractivity contribution is 0.514. The van der Waals surface area contributed by atoms with Crippen LogP contribution in [-0.2, 0) is 13.1 Å². The van der Waals surface area contributed by atoms with E-state index in [0.717, 1.165) is 25.1 Å². The number of anilines is 1. The van der Waals surface area contributed by atoms with Gasteiger partial charge in [-0.2, -0.15) is 0 Å². The molecule has 0 bridgehead atoms. The van der Waals surface area contributed by atoms with Gasteiger partial charge in [-0.05, 0) is 29.0 Å². The number of furan rings is 1. The van der Waals surface area contributed by atoms with E-state index < -0.39 is 0 Å². The topological polar surface area (TPSA) is 68.8 Å². The van der Waals surface area contributed by atoms with Gasteiger partial charge in [-0.1, -0.05) is 18.4 Å². The van der Waals surface area contributed by atoms with Crippen molar-refractivity contribution in [3.05, 3.63) is 24.2 Å². The standard InChI is InChI=1S/C10H15N5O/c1-2-3-6-15-10(12-13-14-15)11-8-9-5-4-7-16-9/h4-5,7H,2-3,6,8H2,1H3,(H,11,12,14). The second-order valence-electron chi connectivity index (χ2n) is 3.51. The summed E-state index contributed by atoms with van der Waals surface area (Å²) in [6.45, 7) is 3.57. The Morgan fingerprint density at radius 2 is 2.44 bits per heavy atom. The maximum absolute atomic E-state index is 5.21. The van der Waals surface area contributed by atoms with Gasteiger partial charge < -0.3 is 9.73 Å². The molecule has 0 aromatic carbocycles. The van der Waals surface area contributed by atoms with Gasteiger partial charge in [0.05, 0.1) is 12.8 Å². The van der Waals surface area contributed by atoms with Crippen molar-refractivity contribution in [1.29, 1.82) is 0 Å². The van der Waals surface area contributed by atoms with E-state index in [1.807, 2.05) is 12.1 Å². The molecule has 2 aromatic heterocycles. The minimum atomic E-state index is 0.597. The number of rotatable bonds is 6. The second-order valence-corrected chi connectivity index (χ2v) is 3.51. The van der Waals surface area contributed by atoms with Crippen LogP contribution in [0.2, 0.25) is 0 Å². The number of tetrazole rings is 1. The van der Waals surface area contributed by atoms with Crippen LogP contribution in [0.4, 0.5) is 5.95 Å². The lowest BCUT2D eigenvalue weighted by Gasteiger charge is -2.04. The minimum absolute atomic E-state index is 0.597. The molecule has 0 aliphatic heterocycles. The Hall–Kier alpha value is -1.85. The summed E-state index contributed by atoms with van der Waals surface area (Å²) in [7, 11) is 0. The molecule has 2 heterocycles. The third-order valence-corrected chi connectivity index (χ3v) is 2.26. The van der Waals surface area contributed by atoms with E-state index >= 15 is 0 Å². The SMILES string of the molecule is CCCCn1nnnc1NCc1ccco1. The molecule has 1 N–H and O–H groups in total. The smallest absolute Gasteiger partial charge is 0.243 e. The zero-order valence-electron chi connectivity index (χ0n) is 9.26. The molecule has 0 atom stereocenters. The molecule has 0 aliphatic rings. The molecule has 0 spiro atoms. The first kappa shape index (κ1) is 10.7. The third-order valence-electron chi connectivity index (χ3n) is 2.26. The van der Waals surface area contributed by atoms with E-state index in [4.69, 9.17) is 4.42 Å². The van der Waals surface area contributed by atoms with Crippen molar-refractivity contribution in [2.45, 2.75) is 32.9 Å². The summed E-state index contributed by atoms with van der Waals surface area (Å²) < 4.78 is 6.98. The van der Waals surface area contributed by atoms with Gasteiger partial charge in [0.25, 0.3) is 0 Å². The van der Waals surface area contributed by atoms with Crippen molar-refractivity contribution in [3.8, 4) is 0 Å². The van der Waals surface area contributed by atoms with E-state index in [0.29, 0.717) is 12.5 Å². The summed E-state index contributed by atoms with van der Waals surface area (Å²) in [5.74, 6) is 1.55. The molecular weight excluding hydrogens is 206 g/mol. The number of unbranched alkanes of at least 4 members (excludes halogenated alkanes) is 1. The zero-order valence-corrected chi connectivity index (χ0v) is 9.26. The molecule has 2 rings (SSSR count). The molecule has 6 heteroatoms. The van der Waals surface area contributed by atoms with Crippen molar-refractivity contribution in [1.82, 2.24) is 20.2 Å². The van der Waals surface area contributed by atoms with Crippen molar-refractivity contribution in [2.75, 3.05) is 5.32 Å². The highest BCUT2D eigenvalue weighted by molar-refractivity contribution is 5.22. The van der Waals surface area contributed by atoms with Gasteiger partial charge in [0.2, 0.25) is 5.95 Å². The number of aryl methyl sites for hydroxylation is 1. The van der Waals surface area contributed by atoms with Gasteiger partial charge in [0.15, 0.2) is 0 Å². The molecule has 0 fully saturated rings. The average molecular weight is 221 g/mol. The first-order valence-corrected chi connectivity index (χ1v) is 5.42. The number of nitrogens with zero attached hydrogens (tertiary/aromatic N) is 4. The molecule has 0 amide bonds. The molecule has 0 unspecified atom stereocenters. The Morgan fingerprint density at radius 1 is 1.50 bits per heavy atom. The lowest BCUT2D eigenvalue weighted by Crippen LogP contribution is -2.08. The highest BCUT2D eigenvalue weighted by Crippen LogP contribution is 2.06. The Labute approximate surface area is 93.6 Å². The van der Waals surface area contributed by atoms with Crippen molar-refractivity contribution >= 4 is 5.95 Å². The molecule has 86 valence electrons. The summed E-state index contributed by atoms with van der Waals surface area (Å²) in [5, 5.41) is 14.6. The van der Waals surface area contributed by atoms with Crippen LogP contribution in [0.1, 0.15) is 25.5 Å². The maximum atomic E-state index is 5.21. The molecule has 6 nitrogen and oxygen atoms in total. The Bertz CT molecular complexity index is 409. The zero-order chi connectivity index (χ0) is 11.2. The molecule has 0 saturated heterocycles. The van der Waals surface area contributed by atoms with Crippen LogP contribution in [0.3, 0.4) is 0 Å². The van der Waals surface area contributed by atoms with E-state index in [9.17, 15) is 0 Å². The van der Waals surface area contributed by atoms with E-state index in [-0.39, 0.29) is 0 Å². The fraction of sp³-hybridized carbons (Fsp3) is 0.500. The van der Waals surface area contributed by atoms with E-state index in [1.165, 1.54) is 0 Å². The van der Waals surface area contributed by atoms with Gasteiger partial charge in [0.1, 0.15) is 5.76 Å². The largest absolute Gasteiger partial charge is 0.467 e. The first-order valence-electron chi connectivity index (χ1n) is 5.42. The summed E-state index contributed by atoms with van der Waals surface area (Å²) in [4.78, 5) is 0. The number of nitrogens with one attached hydrogen (secondary N) is 1. The number of aromatic nitrogens is 4. The Balaban J connectivity index is 1.91. The predicted octanol–water partition coefficient (Wildman–Crippen LogP) is 1.68. The van der Waals surface area contributed by atoms with Crippen LogP contribution in [0.25, 0.3) is 0 Å². The molecule has 0 aliphatic carbocycles. The summed E-state index contributed by atoms with van der Waals surface area (Å²) in [6.07, 6.45) is 3.84. The van der Waals surface area contributed by atoms with Crippen LogP contribution >= 0.6 is 0 Å². The fourth-order valence-electron chi connectivity index (χ4n) is 1.37. The quantitative estimate of drug-likeness (QED) is 0.803. The normalized spacial score (nSPS) is 10.6. The van der Waals surface area contributed by atoms with E-state index in [1.54, 1.807) is 10.9 Å². The minimum Gasteiger partial charge on any atom is -0.467 e. The predicted molar refractivity (Wildman–Crippen MR) is 58.8 cm³/mol. The molecular formula is C10H15N5O. The molecule has 0 radical (unpaired) electrons. The van der Waals surface area contributed by atoms with Crippen LogP contribution in [-0.4, -0.2) is 20.2 Å². The van der Waals surface area contributed by atoms with Gasteiger partial charge in [-0.3, -0.25) is 0 Å². The lowest BCUT2D eigenvalue weighted by atomic mass is 10.3. The molecule has 0 saturated carbocycles. The van der Waals surface area contributed by atoms with Crippen LogP contribution < -0.4 is 5.32 Å². The summed E-state index contributed by atoms with van der Waals surface area (Å²) in [6, 6.07) is 3.77. The monoisotopic (exact) mass is 221 g/mol. The average Bonchev–Trinajstić information content (AvgIpc) is 2.94.